The first kappa shape index (κ1) is 8.81. The molecule has 72 valence electrons. The highest BCUT2D eigenvalue weighted by molar-refractivity contribution is 5.94. The number of para-hydroxylation sites is 1. The lowest BCUT2D eigenvalue weighted by atomic mass is 10.2. The summed E-state index contributed by atoms with van der Waals surface area (Å²) in [6.07, 6.45) is 2.34. The number of fused-ring (bicyclic) bond motifs is 1. The van der Waals surface area contributed by atoms with Crippen LogP contribution in [0.2, 0.25) is 0 Å². The third-order valence-corrected chi connectivity index (χ3v) is 2.36. The number of nitrogens with one attached hydrogen (secondary N) is 1. The minimum Gasteiger partial charge on any atom is -0.315 e. The highest BCUT2D eigenvalue weighted by Crippen LogP contribution is 2.26. The summed E-state index contributed by atoms with van der Waals surface area (Å²) in [5.74, 6) is 0. The highest BCUT2D eigenvalue weighted by atomic mass is 16.2. The van der Waals surface area contributed by atoms with Crippen molar-refractivity contribution in [3.8, 4) is 0 Å². The fourth-order valence-electron chi connectivity index (χ4n) is 1.71. The van der Waals surface area contributed by atoms with E-state index in [-0.39, 0.29) is 6.03 Å². The van der Waals surface area contributed by atoms with Gasteiger partial charge in [-0.3, -0.25) is 4.90 Å². The fraction of sp³-hybridized carbons (Fsp3) is 0.182. The van der Waals surface area contributed by atoms with Gasteiger partial charge < -0.3 is 5.32 Å². The molecule has 0 spiro atoms. The molecule has 1 aliphatic heterocycles. The van der Waals surface area contributed by atoms with Crippen molar-refractivity contribution in [1.82, 2.24) is 5.32 Å². The van der Waals surface area contributed by atoms with Gasteiger partial charge in [-0.05, 0) is 24.3 Å². The zero-order chi connectivity index (χ0) is 9.97. The molecule has 0 radical (unpaired) electrons. The second-order valence-electron chi connectivity index (χ2n) is 3.18. The number of benzene rings is 1. The number of hydrogen-bond donors (Lipinski definition) is 1. The number of anilines is 1. The molecule has 1 aromatic carbocycles. The number of nitrogens with zero attached hydrogens (tertiary/aromatic N) is 1. The Kier molecular flexibility index (Phi) is 2.23. The number of amides is 2. The minimum absolute atomic E-state index is 0.107. The average Bonchev–Trinajstić information content (AvgIpc) is 2.61. The first-order chi connectivity index (χ1) is 6.83. The Morgan fingerprint density at radius 3 is 3.07 bits per heavy atom. The Balaban J connectivity index is 2.25. The highest BCUT2D eigenvalue weighted by Gasteiger charge is 2.22. The van der Waals surface area contributed by atoms with E-state index in [4.69, 9.17) is 0 Å². The summed E-state index contributed by atoms with van der Waals surface area (Å²) in [5, 5.41) is 2.58. The maximum absolute atomic E-state index is 11.6. The van der Waals surface area contributed by atoms with Crippen LogP contribution in [-0.2, 0) is 6.42 Å². The lowest BCUT2D eigenvalue weighted by molar-refractivity contribution is 0.250. The molecule has 0 aromatic heterocycles. The third-order valence-electron chi connectivity index (χ3n) is 2.36. The van der Waals surface area contributed by atoms with Crippen LogP contribution in [0.15, 0.2) is 37.0 Å². The first-order valence-electron chi connectivity index (χ1n) is 4.60. The summed E-state index contributed by atoms with van der Waals surface area (Å²) in [5.41, 5.74) is 2.23. The number of hydrogen-bond acceptors (Lipinski definition) is 1. The smallest absolute Gasteiger partial charge is 0.315 e. The Labute approximate surface area is 83.0 Å². The Hall–Kier alpha value is -1.77. The van der Waals surface area contributed by atoms with Crippen molar-refractivity contribution >= 4 is 11.7 Å². The van der Waals surface area contributed by atoms with Crippen LogP contribution in [0, 0.1) is 0 Å². The van der Waals surface area contributed by atoms with Crippen molar-refractivity contribution < 1.29 is 4.79 Å². The van der Waals surface area contributed by atoms with Gasteiger partial charge in [0.15, 0.2) is 0 Å². The van der Waals surface area contributed by atoms with E-state index in [0.717, 1.165) is 18.7 Å². The lowest BCUT2D eigenvalue weighted by Gasteiger charge is -2.16. The van der Waals surface area contributed by atoms with Crippen molar-refractivity contribution in [2.24, 2.45) is 0 Å². The second-order valence-corrected chi connectivity index (χ2v) is 3.18. The van der Waals surface area contributed by atoms with Crippen LogP contribution in [0.1, 0.15) is 5.56 Å². The number of carbonyl (C=O) groups excluding carboxylic acids is 1. The molecule has 2 amide bonds. The molecule has 0 unspecified atom stereocenters. The molecular weight excluding hydrogens is 176 g/mol. The van der Waals surface area contributed by atoms with Crippen molar-refractivity contribution in [3.63, 3.8) is 0 Å². The van der Waals surface area contributed by atoms with Crippen LogP contribution in [0.25, 0.3) is 0 Å². The maximum atomic E-state index is 11.6. The van der Waals surface area contributed by atoms with E-state index in [1.165, 1.54) is 11.8 Å². The van der Waals surface area contributed by atoms with E-state index < -0.39 is 0 Å². The summed E-state index contributed by atoms with van der Waals surface area (Å²) in [7, 11) is 0. The van der Waals surface area contributed by atoms with E-state index in [1.807, 2.05) is 18.2 Å². The summed E-state index contributed by atoms with van der Waals surface area (Å²) < 4.78 is 0. The molecule has 0 fully saturated rings. The Morgan fingerprint density at radius 1 is 1.50 bits per heavy atom. The normalized spacial score (nSPS) is 13.6. The zero-order valence-corrected chi connectivity index (χ0v) is 7.86. The van der Waals surface area contributed by atoms with Gasteiger partial charge in [0.1, 0.15) is 0 Å². The Morgan fingerprint density at radius 2 is 2.29 bits per heavy atom. The molecule has 0 saturated heterocycles. The average molecular weight is 188 g/mol. The van der Waals surface area contributed by atoms with E-state index in [2.05, 4.69) is 18.0 Å². The minimum atomic E-state index is -0.107. The van der Waals surface area contributed by atoms with Crippen molar-refractivity contribution in [1.29, 1.82) is 0 Å². The van der Waals surface area contributed by atoms with Gasteiger partial charge in [0.05, 0.1) is 0 Å². The predicted molar refractivity (Wildman–Crippen MR) is 56.2 cm³/mol. The summed E-state index contributed by atoms with van der Waals surface area (Å²) in [6, 6.07) is 7.85. The van der Waals surface area contributed by atoms with E-state index in [9.17, 15) is 4.79 Å². The number of urea groups is 1. The van der Waals surface area contributed by atoms with Crippen LogP contribution in [-0.4, -0.2) is 12.6 Å². The van der Waals surface area contributed by atoms with Crippen LogP contribution >= 0.6 is 0 Å². The fourth-order valence-corrected chi connectivity index (χ4v) is 1.71. The van der Waals surface area contributed by atoms with Crippen LogP contribution < -0.4 is 10.2 Å². The molecule has 1 aromatic rings. The molecule has 0 atom stereocenters. The molecule has 0 saturated carbocycles. The predicted octanol–water partition coefficient (Wildman–Crippen LogP) is 1.90. The maximum Gasteiger partial charge on any atom is 0.325 e. The molecular formula is C11H12N2O. The Bertz CT molecular complexity index is 373. The van der Waals surface area contributed by atoms with Gasteiger partial charge in [-0.1, -0.05) is 24.8 Å². The largest absolute Gasteiger partial charge is 0.325 e. The van der Waals surface area contributed by atoms with Gasteiger partial charge in [-0.15, -0.1) is 0 Å². The van der Waals surface area contributed by atoms with Crippen molar-refractivity contribution in [3.05, 3.63) is 42.6 Å². The van der Waals surface area contributed by atoms with Crippen LogP contribution in [0.3, 0.4) is 0 Å². The molecule has 0 bridgehead atoms. The number of carbonyl (C=O) groups is 1. The summed E-state index contributed by atoms with van der Waals surface area (Å²) in [4.78, 5) is 13.3. The van der Waals surface area contributed by atoms with Crippen molar-refractivity contribution in [2.75, 3.05) is 11.4 Å². The van der Waals surface area contributed by atoms with Gasteiger partial charge in [-0.25, -0.2) is 4.79 Å². The molecule has 14 heavy (non-hydrogen) atoms. The zero-order valence-electron chi connectivity index (χ0n) is 7.86. The van der Waals surface area contributed by atoms with Gasteiger partial charge >= 0.3 is 6.03 Å². The van der Waals surface area contributed by atoms with Gasteiger partial charge in [0.2, 0.25) is 0 Å². The SMILES string of the molecule is C=CNC(=O)N1CCc2ccccc21. The van der Waals surface area contributed by atoms with Gasteiger partial charge in [-0.2, -0.15) is 0 Å². The van der Waals surface area contributed by atoms with E-state index in [1.54, 1.807) is 4.90 Å². The number of rotatable bonds is 1. The monoisotopic (exact) mass is 188 g/mol. The molecule has 3 heteroatoms. The molecule has 0 aliphatic carbocycles. The van der Waals surface area contributed by atoms with E-state index in [0.29, 0.717) is 0 Å². The quantitative estimate of drug-likeness (QED) is 0.717. The summed E-state index contributed by atoms with van der Waals surface area (Å²) >= 11 is 0. The topological polar surface area (TPSA) is 32.3 Å². The third kappa shape index (κ3) is 1.37. The van der Waals surface area contributed by atoms with Gasteiger partial charge in [0.25, 0.3) is 0 Å². The first-order valence-corrected chi connectivity index (χ1v) is 4.60. The lowest BCUT2D eigenvalue weighted by Crippen LogP contribution is -2.36. The van der Waals surface area contributed by atoms with Crippen LogP contribution in [0.5, 0.6) is 0 Å². The standard InChI is InChI=1S/C11H12N2O/c1-2-12-11(14)13-8-7-9-5-3-4-6-10(9)13/h2-6H,1,7-8H2,(H,12,14). The molecule has 1 N–H and O–H groups in total. The summed E-state index contributed by atoms with van der Waals surface area (Å²) in [6.45, 7) is 4.22. The van der Waals surface area contributed by atoms with Gasteiger partial charge in [0, 0.05) is 12.2 Å². The molecule has 1 aliphatic rings. The van der Waals surface area contributed by atoms with Crippen molar-refractivity contribution in [2.45, 2.75) is 6.42 Å². The molecule has 3 nitrogen and oxygen atoms in total. The molecule has 1 heterocycles. The second kappa shape index (κ2) is 3.54. The van der Waals surface area contributed by atoms with Crippen LogP contribution in [0.4, 0.5) is 10.5 Å². The molecule has 2 rings (SSSR count). The van der Waals surface area contributed by atoms with E-state index >= 15 is 0 Å².